The van der Waals surface area contributed by atoms with Gasteiger partial charge >= 0.3 is 12.4 Å². The molecule has 14 heteroatoms. The summed E-state index contributed by atoms with van der Waals surface area (Å²) in [6.45, 7) is 6.12. The van der Waals surface area contributed by atoms with E-state index in [1.807, 2.05) is 4.90 Å². The first kappa shape index (κ1) is 37.7. The summed E-state index contributed by atoms with van der Waals surface area (Å²) in [5.41, 5.74) is -0.988. The highest BCUT2D eigenvalue weighted by atomic mass is 32.2. The number of amides is 1. The zero-order valence-electron chi connectivity index (χ0n) is 28.8. The van der Waals surface area contributed by atoms with Crippen LogP contribution in [0.15, 0.2) is 71.6 Å². The van der Waals surface area contributed by atoms with Crippen LogP contribution in [0.2, 0.25) is 0 Å². The molecule has 1 atom stereocenters. The number of hydrogen-bond donors (Lipinski definition) is 1. The number of rotatable bonds is 9. The predicted molar refractivity (Wildman–Crippen MR) is 186 cm³/mol. The van der Waals surface area contributed by atoms with Crippen LogP contribution in [0.4, 0.5) is 26.3 Å². The molecule has 2 aliphatic rings. The molecule has 2 aliphatic heterocycles. The highest BCUT2D eigenvalue weighted by Gasteiger charge is 2.43. The summed E-state index contributed by atoms with van der Waals surface area (Å²) < 4.78 is 112. The molecule has 1 aromatic heterocycles. The number of aryl methyl sites for hydroxylation is 1. The first-order valence-corrected chi connectivity index (χ1v) is 19.0. The highest BCUT2D eigenvalue weighted by molar-refractivity contribution is 7.91. The standard InChI is InChI=1S/C38H40F6N4O3S/c1-3-52(50,51)32-22-29-31(20-24(32)2)45-34(26-12-9-13-27(21-26)37(39,40)41)30(23-47-18-14-28(15-19-47)48-16-7-8-17-48)33(29)36(49)46-35(38(42,43)44)25-10-5-4-6-11-25/h4-6,9-13,20-22,28,35H,3,7-8,14-19,23H2,1-2H3,(H,46,49)/t35-/m1/s1. The van der Waals surface area contributed by atoms with Gasteiger partial charge in [-0.05, 0) is 94.2 Å². The lowest BCUT2D eigenvalue weighted by atomic mass is 9.93. The second-order valence-electron chi connectivity index (χ2n) is 13.5. The number of alkyl halides is 6. The maximum atomic E-state index is 14.6. The second kappa shape index (κ2) is 14.8. The van der Waals surface area contributed by atoms with Crippen LogP contribution < -0.4 is 5.32 Å². The number of nitrogens with one attached hydrogen (secondary N) is 1. The number of pyridine rings is 1. The third-order valence-corrected chi connectivity index (χ3v) is 12.0. The minimum absolute atomic E-state index is 0.000755. The summed E-state index contributed by atoms with van der Waals surface area (Å²) in [4.78, 5) is 23.6. The lowest BCUT2D eigenvalue weighted by Crippen LogP contribution is -2.44. The number of halogens is 6. The predicted octanol–water partition coefficient (Wildman–Crippen LogP) is 8.12. The average molecular weight is 747 g/mol. The molecule has 52 heavy (non-hydrogen) atoms. The lowest BCUT2D eigenvalue weighted by Gasteiger charge is -2.37. The number of benzene rings is 3. The number of sulfone groups is 1. The molecule has 3 aromatic carbocycles. The van der Waals surface area contributed by atoms with Crippen molar-refractivity contribution in [3.63, 3.8) is 0 Å². The number of nitrogens with zero attached hydrogens (tertiary/aromatic N) is 3. The van der Waals surface area contributed by atoms with Crippen LogP contribution in [-0.4, -0.2) is 73.3 Å². The molecule has 1 amide bonds. The third-order valence-electron chi connectivity index (χ3n) is 10.1. The molecular formula is C38H40F6N4O3S. The normalized spacial score (nSPS) is 17.5. The Morgan fingerprint density at radius 1 is 0.923 bits per heavy atom. The Hall–Kier alpha value is -4.01. The van der Waals surface area contributed by atoms with Gasteiger partial charge in [0.15, 0.2) is 15.9 Å². The van der Waals surface area contributed by atoms with Crippen molar-refractivity contribution in [1.29, 1.82) is 0 Å². The van der Waals surface area contributed by atoms with E-state index in [9.17, 15) is 39.6 Å². The average Bonchev–Trinajstić information content (AvgIpc) is 3.65. The molecule has 1 N–H and O–H groups in total. The van der Waals surface area contributed by atoms with Gasteiger partial charge in [0, 0.05) is 29.1 Å². The van der Waals surface area contributed by atoms with E-state index < -0.39 is 39.7 Å². The van der Waals surface area contributed by atoms with E-state index in [0.29, 0.717) is 19.1 Å². The van der Waals surface area contributed by atoms with Crippen molar-refractivity contribution < 1.29 is 39.6 Å². The molecule has 0 spiro atoms. The largest absolute Gasteiger partial charge is 0.416 e. The van der Waals surface area contributed by atoms with Crippen molar-refractivity contribution in [3.8, 4) is 11.3 Å². The Kier molecular flexibility index (Phi) is 10.7. The molecule has 2 saturated heterocycles. The van der Waals surface area contributed by atoms with E-state index in [2.05, 4.69) is 10.2 Å². The number of piperidine rings is 1. The topological polar surface area (TPSA) is 82.6 Å². The van der Waals surface area contributed by atoms with E-state index in [-0.39, 0.29) is 61.6 Å². The Bertz CT molecular complexity index is 2040. The minimum atomic E-state index is -4.92. The number of hydrogen-bond acceptors (Lipinski definition) is 6. The summed E-state index contributed by atoms with van der Waals surface area (Å²) in [7, 11) is -3.87. The molecule has 0 bridgehead atoms. The van der Waals surface area contributed by atoms with Crippen molar-refractivity contribution in [1.82, 2.24) is 20.1 Å². The summed E-state index contributed by atoms with van der Waals surface area (Å²) >= 11 is 0. The van der Waals surface area contributed by atoms with Gasteiger partial charge in [-0.1, -0.05) is 49.4 Å². The number of likely N-dealkylation sites (tertiary alicyclic amines) is 2. The van der Waals surface area contributed by atoms with E-state index in [0.717, 1.165) is 50.9 Å². The molecule has 2 fully saturated rings. The summed E-state index contributed by atoms with van der Waals surface area (Å²) in [6.07, 6.45) is -5.79. The van der Waals surface area contributed by atoms with Crippen molar-refractivity contribution >= 4 is 26.6 Å². The minimum Gasteiger partial charge on any atom is -0.337 e. The van der Waals surface area contributed by atoms with Crippen LogP contribution in [-0.2, 0) is 22.6 Å². The quantitative estimate of drug-likeness (QED) is 0.174. The molecule has 4 aromatic rings. The van der Waals surface area contributed by atoms with Crippen LogP contribution in [0.1, 0.15) is 71.3 Å². The Morgan fingerprint density at radius 2 is 1.60 bits per heavy atom. The smallest absolute Gasteiger partial charge is 0.337 e. The van der Waals surface area contributed by atoms with Crippen LogP contribution in [0, 0.1) is 6.92 Å². The maximum Gasteiger partial charge on any atom is 0.416 e. The molecule has 6 rings (SSSR count). The van der Waals surface area contributed by atoms with Gasteiger partial charge in [-0.25, -0.2) is 13.4 Å². The van der Waals surface area contributed by atoms with Gasteiger partial charge in [0.2, 0.25) is 0 Å². The Balaban J connectivity index is 1.57. The van der Waals surface area contributed by atoms with Gasteiger partial charge in [-0.15, -0.1) is 0 Å². The second-order valence-corrected chi connectivity index (χ2v) is 15.8. The summed E-state index contributed by atoms with van der Waals surface area (Å²) in [5.74, 6) is -1.43. The molecule has 3 heterocycles. The van der Waals surface area contributed by atoms with Crippen molar-refractivity contribution in [3.05, 3.63) is 94.5 Å². The molecule has 0 aliphatic carbocycles. The van der Waals surface area contributed by atoms with E-state index >= 15 is 0 Å². The van der Waals surface area contributed by atoms with Crippen LogP contribution in [0.25, 0.3) is 22.2 Å². The van der Waals surface area contributed by atoms with E-state index in [1.165, 1.54) is 62.4 Å². The maximum absolute atomic E-state index is 14.6. The first-order valence-electron chi connectivity index (χ1n) is 17.3. The van der Waals surface area contributed by atoms with E-state index in [4.69, 9.17) is 4.98 Å². The van der Waals surface area contributed by atoms with Gasteiger partial charge in [0.1, 0.15) is 0 Å². The number of carbonyl (C=O) groups is 1. The number of fused-ring (bicyclic) bond motifs is 1. The monoisotopic (exact) mass is 746 g/mol. The fourth-order valence-electron chi connectivity index (χ4n) is 7.40. The zero-order valence-corrected chi connectivity index (χ0v) is 29.6. The third kappa shape index (κ3) is 7.98. The van der Waals surface area contributed by atoms with Gasteiger partial charge < -0.3 is 10.2 Å². The molecule has 0 radical (unpaired) electrons. The van der Waals surface area contributed by atoms with Gasteiger partial charge in [0.05, 0.1) is 33.0 Å². The van der Waals surface area contributed by atoms with Crippen LogP contribution >= 0.6 is 0 Å². The Labute approximate surface area is 298 Å². The van der Waals surface area contributed by atoms with Crippen molar-refractivity contribution in [2.24, 2.45) is 0 Å². The SMILES string of the molecule is CCS(=O)(=O)c1cc2c(C(=O)N[C@H](c3ccccc3)C(F)(F)F)c(CN3CCC(N4CCCC4)CC3)c(-c3cccc(C(F)(F)F)c3)nc2cc1C. The molecule has 7 nitrogen and oxygen atoms in total. The van der Waals surface area contributed by atoms with Crippen molar-refractivity contribution in [2.45, 2.75) is 75.4 Å². The van der Waals surface area contributed by atoms with Crippen LogP contribution in [0.5, 0.6) is 0 Å². The zero-order chi connectivity index (χ0) is 37.4. The fraction of sp³-hybridized carbons (Fsp3) is 0.421. The Morgan fingerprint density at radius 3 is 2.21 bits per heavy atom. The first-order chi connectivity index (χ1) is 24.6. The number of aromatic nitrogens is 1. The fourth-order valence-corrected chi connectivity index (χ4v) is 8.55. The summed E-state index contributed by atoms with van der Waals surface area (Å²) in [6, 6.07) is 11.9. The van der Waals surface area contributed by atoms with Gasteiger partial charge in [-0.3, -0.25) is 9.69 Å². The van der Waals surface area contributed by atoms with Gasteiger partial charge in [0.25, 0.3) is 5.91 Å². The van der Waals surface area contributed by atoms with Crippen molar-refractivity contribution in [2.75, 3.05) is 31.9 Å². The molecular weight excluding hydrogens is 706 g/mol. The summed E-state index contributed by atoms with van der Waals surface area (Å²) in [5, 5.41) is 2.15. The molecule has 0 saturated carbocycles. The highest BCUT2D eigenvalue weighted by Crippen LogP contribution is 2.39. The van der Waals surface area contributed by atoms with Crippen LogP contribution in [0.3, 0.4) is 0 Å². The molecule has 278 valence electrons. The lowest BCUT2D eigenvalue weighted by molar-refractivity contribution is -0.155. The van der Waals surface area contributed by atoms with E-state index in [1.54, 1.807) is 6.07 Å². The molecule has 0 unspecified atom stereocenters. The van der Waals surface area contributed by atoms with Gasteiger partial charge in [-0.2, -0.15) is 26.3 Å². The number of carbonyl (C=O) groups excluding carboxylic acids is 1.